The minimum absolute atomic E-state index is 0.276. The molecule has 1 amide bonds. The second-order valence-electron chi connectivity index (χ2n) is 5.83. The molecule has 150 valence electrons. The number of carbonyl (C=O) groups is 1. The number of halogens is 1. The van der Waals surface area contributed by atoms with E-state index in [0.29, 0.717) is 16.6 Å². The lowest BCUT2D eigenvalue weighted by Gasteiger charge is -2.10. The van der Waals surface area contributed by atoms with Crippen LogP contribution in [-0.4, -0.2) is 32.2 Å². The Morgan fingerprint density at radius 1 is 1.14 bits per heavy atom. The van der Waals surface area contributed by atoms with Crippen LogP contribution in [0, 0.1) is 0 Å². The van der Waals surface area contributed by atoms with Gasteiger partial charge in [0.05, 0.1) is 31.5 Å². The van der Waals surface area contributed by atoms with Crippen LogP contribution in [0.3, 0.4) is 0 Å². The van der Waals surface area contributed by atoms with Crippen LogP contribution in [0.5, 0.6) is 17.2 Å². The monoisotopic (exact) mass is 474 g/mol. The molecule has 3 aromatic rings. The highest BCUT2D eigenvalue weighted by molar-refractivity contribution is 9.10. The van der Waals surface area contributed by atoms with E-state index in [4.69, 9.17) is 14.2 Å². The molecule has 0 radical (unpaired) electrons. The number of thiazole rings is 1. The molecule has 3 rings (SSSR count). The van der Waals surface area contributed by atoms with E-state index in [0.717, 1.165) is 27.0 Å². The molecule has 0 atom stereocenters. The summed E-state index contributed by atoms with van der Waals surface area (Å²) in [5.41, 5.74) is 2.49. The summed E-state index contributed by atoms with van der Waals surface area (Å²) < 4.78 is 16.6. The Balaban J connectivity index is 1.70. The maximum absolute atomic E-state index is 12.3. The molecule has 2 aromatic carbocycles. The minimum atomic E-state index is -0.276. The zero-order chi connectivity index (χ0) is 20.8. The number of ether oxygens (including phenoxy) is 3. The number of benzene rings is 2. The Kier molecular flexibility index (Phi) is 6.90. The van der Waals surface area contributed by atoms with Crippen molar-refractivity contribution < 1.29 is 19.0 Å². The number of amides is 1. The summed E-state index contributed by atoms with van der Waals surface area (Å²) in [5.74, 6) is 1.65. The minimum Gasteiger partial charge on any atom is -0.497 e. The van der Waals surface area contributed by atoms with Crippen LogP contribution in [0.15, 0.2) is 52.3 Å². The molecular formula is C21H19BrN2O4S. The van der Waals surface area contributed by atoms with Crippen LogP contribution in [0.25, 0.3) is 17.3 Å². The highest BCUT2D eigenvalue weighted by Gasteiger charge is 2.10. The quantitative estimate of drug-likeness (QED) is 0.473. The van der Waals surface area contributed by atoms with Crippen LogP contribution in [0.2, 0.25) is 0 Å². The molecule has 0 spiro atoms. The van der Waals surface area contributed by atoms with Crippen molar-refractivity contribution >= 4 is 44.4 Å². The van der Waals surface area contributed by atoms with E-state index in [-0.39, 0.29) is 5.91 Å². The molecule has 0 aliphatic rings. The van der Waals surface area contributed by atoms with Crippen molar-refractivity contribution in [2.45, 2.75) is 0 Å². The number of nitrogens with zero attached hydrogens (tertiary/aromatic N) is 1. The highest BCUT2D eigenvalue weighted by atomic mass is 79.9. The first-order chi connectivity index (χ1) is 14.0. The topological polar surface area (TPSA) is 69.7 Å². The summed E-state index contributed by atoms with van der Waals surface area (Å²) in [4.78, 5) is 16.7. The summed E-state index contributed by atoms with van der Waals surface area (Å²) in [5, 5.41) is 5.19. The van der Waals surface area contributed by atoms with Gasteiger partial charge in [-0.1, -0.05) is 12.1 Å². The Morgan fingerprint density at radius 2 is 1.97 bits per heavy atom. The van der Waals surface area contributed by atoms with Crippen molar-refractivity contribution in [1.29, 1.82) is 0 Å². The van der Waals surface area contributed by atoms with Crippen molar-refractivity contribution in [2.75, 3.05) is 26.6 Å². The molecule has 1 aromatic heterocycles. The lowest BCUT2D eigenvalue weighted by Crippen LogP contribution is -2.07. The van der Waals surface area contributed by atoms with Crippen molar-refractivity contribution in [2.24, 2.45) is 0 Å². The van der Waals surface area contributed by atoms with Gasteiger partial charge in [-0.25, -0.2) is 4.98 Å². The maximum Gasteiger partial charge on any atom is 0.250 e. The molecule has 1 N–H and O–H groups in total. The Hall–Kier alpha value is -2.84. The fraction of sp³-hybridized carbons (Fsp3) is 0.143. The number of hydrogen-bond acceptors (Lipinski definition) is 6. The van der Waals surface area contributed by atoms with E-state index in [2.05, 4.69) is 26.2 Å². The van der Waals surface area contributed by atoms with Gasteiger partial charge in [-0.2, -0.15) is 0 Å². The first-order valence-corrected chi connectivity index (χ1v) is 10.2. The molecular weight excluding hydrogens is 456 g/mol. The van der Waals surface area contributed by atoms with Crippen LogP contribution < -0.4 is 19.5 Å². The van der Waals surface area contributed by atoms with E-state index in [1.807, 2.05) is 35.7 Å². The fourth-order valence-corrected chi connectivity index (χ4v) is 3.94. The lowest BCUT2D eigenvalue weighted by atomic mass is 10.2. The number of carbonyl (C=O) groups excluding carboxylic acids is 1. The molecule has 0 saturated carbocycles. The molecule has 0 fully saturated rings. The average molecular weight is 475 g/mol. The number of rotatable bonds is 7. The second-order valence-corrected chi connectivity index (χ2v) is 7.54. The first-order valence-electron chi connectivity index (χ1n) is 8.54. The van der Waals surface area contributed by atoms with Gasteiger partial charge in [0, 0.05) is 17.0 Å². The van der Waals surface area contributed by atoms with Crippen LogP contribution in [0.1, 0.15) is 5.56 Å². The van der Waals surface area contributed by atoms with Crippen LogP contribution in [-0.2, 0) is 4.79 Å². The number of anilines is 1. The number of methoxy groups -OCH3 is 3. The smallest absolute Gasteiger partial charge is 0.250 e. The van der Waals surface area contributed by atoms with Gasteiger partial charge in [-0.3, -0.25) is 10.1 Å². The molecule has 1 heterocycles. The van der Waals surface area contributed by atoms with Gasteiger partial charge in [0.15, 0.2) is 16.6 Å². The van der Waals surface area contributed by atoms with Gasteiger partial charge in [-0.05, 0) is 51.8 Å². The van der Waals surface area contributed by atoms with Crippen molar-refractivity contribution in [3.8, 4) is 28.5 Å². The summed E-state index contributed by atoms with van der Waals surface area (Å²) in [6, 6.07) is 11.2. The molecule has 0 aliphatic carbocycles. The van der Waals surface area contributed by atoms with Gasteiger partial charge in [0.2, 0.25) is 5.91 Å². The van der Waals surface area contributed by atoms with Gasteiger partial charge < -0.3 is 14.2 Å². The van der Waals surface area contributed by atoms with E-state index >= 15 is 0 Å². The van der Waals surface area contributed by atoms with Gasteiger partial charge in [0.25, 0.3) is 0 Å². The van der Waals surface area contributed by atoms with Gasteiger partial charge in [0.1, 0.15) is 5.75 Å². The molecule has 8 heteroatoms. The van der Waals surface area contributed by atoms with Crippen molar-refractivity contribution in [3.63, 3.8) is 0 Å². The van der Waals surface area contributed by atoms with Crippen LogP contribution in [0.4, 0.5) is 5.13 Å². The number of nitrogens with one attached hydrogen (secondary N) is 1. The lowest BCUT2D eigenvalue weighted by molar-refractivity contribution is -0.111. The van der Waals surface area contributed by atoms with Crippen molar-refractivity contribution in [3.05, 3.63) is 57.9 Å². The third-order valence-corrected chi connectivity index (χ3v) is 5.33. The zero-order valence-electron chi connectivity index (χ0n) is 16.1. The Labute approximate surface area is 181 Å². The molecule has 0 saturated heterocycles. The third kappa shape index (κ3) is 5.16. The van der Waals surface area contributed by atoms with Gasteiger partial charge in [-0.15, -0.1) is 11.3 Å². The van der Waals surface area contributed by atoms with E-state index in [9.17, 15) is 4.79 Å². The fourth-order valence-electron chi connectivity index (χ4n) is 2.60. The van der Waals surface area contributed by atoms with E-state index < -0.39 is 0 Å². The van der Waals surface area contributed by atoms with Crippen molar-refractivity contribution in [1.82, 2.24) is 4.98 Å². The largest absolute Gasteiger partial charge is 0.497 e. The summed E-state index contributed by atoms with van der Waals surface area (Å²) in [6.07, 6.45) is 3.14. The second kappa shape index (κ2) is 9.58. The summed E-state index contributed by atoms with van der Waals surface area (Å²) in [7, 11) is 4.75. The third-order valence-electron chi connectivity index (χ3n) is 3.98. The highest BCUT2D eigenvalue weighted by Crippen LogP contribution is 2.36. The Morgan fingerprint density at radius 3 is 2.69 bits per heavy atom. The Bertz CT molecular complexity index is 1050. The molecule has 6 nitrogen and oxygen atoms in total. The zero-order valence-corrected chi connectivity index (χ0v) is 18.5. The predicted octanol–water partition coefficient (Wildman–Crippen LogP) is 5.25. The van der Waals surface area contributed by atoms with Gasteiger partial charge >= 0.3 is 0 Å². The molecule has 0 aliphatic heterocycles. The average Bonchev–Trinajstić information content (AvgIpc) is 3.20. The standard InChI is InChI=1S/C21H19BrN2O4S/c1-26-15-6-4-5-14(11-15)17-12-29-21(23-17)24-19(25)8-7-13-9-16(22)20(28-3)18(10-13)27-2/h4-12H,1-3H3,(H,23,24,25). The maximum atomic E-state index is 12.3. The SMILES string of the molecule is COc1cccc(-c2csc(NC(=O)C=Cc3cc(Br)c(OC)c(OC)c3)n2)c1. The summed E-state index contributed by atoms with van der Waals surface area (Å²) in [6.45, 7) is 0. The normalized spacial score (nSPS) is 10.8. The molecule has 0 bridgehead atoms. The van der Waals surface area contributed by atoms with E-state index in [1.54, 1.807) is 33.5 Å². The first kappa shape index (κ1) is 20.9. The number of hydrogen-bond donors (Lipinski definition) is 1. The predicted molar refractivity (Wildman–Crippen MR) is 119 cm³/mol. The van der Waals surface area contributed by atoms with E-state index in [1.165, 1.54) is 17.4 Å². The summed E-state index contributed by atoms with van der Waals surface area (Å²) >= 11 is 4.80. The van der Waals surface area contributed by atoms with Crippen LogP contribution >= 0.6 is 27.3 Å². The number of aromatic nitrogens is 1. The molecule has 29 heavy (non-hydrogen) atoms. The molecule has 0 unspecified atom stereocenters.